The van der Waals surface area contributed by atoms with Crippen LogP contribution < -0.4 is 5.32 Å². The molecule has 0 fully saturated rings. The van der Waals surface area contributed by atoms with Crippen LogP contribution in [0.3, 0.4) is 0 Å². The molecule has 0 radical (unpaired) electrons. The number of hydrogen-bond acceptors (Lipinski definition) is 5. The van der Waals surface area contributed by atoms with Crippen LogP contribution in [0.4, 0.5) is 5.82 Å². The lowest BCUT2D eigenvalue weighted by Crippen LogP contribution is -2.40. The van der Waals surface area contributed by atoms with Crippen LogP contribution in [0.25, 0.3) is 0 Å². The molecule has 7 nitrogen and oxygen atoms in total. The van der Waals surface area contributed by atoms with Crippen molar-refractivity contribution in [2.45, 2.75) is 19.5 Å². The van der Waals surface area contributed by atoms with Crippen LogP contribution in [-0.2, 0) is 16.1 Å². The molecule has 0 aliphatic heterocycles. The molecule has 0 saturated heterocycles. The number of thiophene rings is 1. The van der Waals surface area contributed by atoms with E-state index in [0.717, 1.165) is 4.88 Å². The first-order valence-corrected chi connectivity index (χ1v) is 7.62. The van der Waals surface area contributed by atoms with Gasteiger partial charge in [0.1, 0.15) is 11.9 Å². The number of amides is 1. The van der Waals surface area contributed by atoms with Crippen LogP contribution in [0.15, 0.2) is 29.8 Å². The lowest BCUT2D eigenvalue weighted by Gasteiger charge is -2.20. The van der Waals surface area contributed by atoms with Crippen molar-refractivity contribution < 1.29 is 14.7 Å². The second-order valence-corrected chi connectivity index (χ2v) is 5.96. The monoisotopic (exact) mass is 322 g/mol. The third-order valence-corrected chi connectivity index (χ3v) is 4.14. The Hall–Kier alpha value is -2.19. The Balaban J connectivity index is 1.95. The Labute approximate surface area is 132 Å². The van der Waals surface area contributed by atoms with E-state index < -0.39 is 12.0 Å². The highest BCUT2D eigenvalue weighted by atomic mass is 32.1. The quantitative estimate of drug-likeness (QED) is 0.803. The van der Waals surface area contributed by atoms with Gasteiger partial charge in [0, 0.05) is 10.9 Å². The molecular weight excluding hydrogens is 304 g/mol. The molecule has 22 heavy (non-hydrogen) atoms. The highest BCUT2D eigenvalue weighted by molar-refractivity contribution is 7.09. The van der Waals surface area contributed by atoms with Gasteiger partial charge in [-0.1, -0.05) is 6.07 Å². The van der Waals surface area contributed by atoms with Crippen molar-refractivity contribution in [2.75, 3.05) is 18.9 Å². The van der Waals surface area contributed by atoms with Crippen molar-refractivity contribution >= 4 is 29.0 Å². The highest BCUT2D eigenvalue weighted by Crippen LogP contribution is 2.14. The van der Waals surface area contributed by atoms with E-state index in [4.69, 9.17) is 5.11 Å². The Morgan fingerprint density at radius 1 is 1.50 bits per heavy atom. The first-order chi connectivity index (χ1) is 10.5. The number of nitrogens with zero attached hydrogens (tertiary/aromatic N) is 3. The molecular formula is C14H18N4O3S. The Morgan fingerprint density at radius 2 is 2.27 bits per heavy atom. The Kier molecular flexibility index (Phi) is 5.29. The Morgan fingerprint density at radius 3 is 2.91 bits per heavy atom. The number of hydrogen-bond donors (Lipinski definition) is 2. The number of aliphatic carboxylic acids is 1. The first kappa shape index (κ1) is 16.2. The maximum atomic E-state index is 12.0. The number of carboxylic acids is 1. The van der Waals surface area contributed by atoms with Gasteiger partial charge in [-0.25, -0.2) is 4.68 Å². The van der Waals surface area contributed by atoms with Gasteiger partial charge in [-0.15, -0.1) is 11.3 Å². The third-order valence-electron chi connectivity index (χ3n) is 3.28. The van der Waals surface area contributed by atoms with Crippen molar-refractivity contribution in [3.63, 3.8) is 0 Å². The molecule has 1 atom stereocenters. The molecule has 8 heteroatoms. The number of likely N-dealkylation sites (N-methyl/N-ethyl adjacent to an activating group) is 1. The minimum atomic E-state index is -0.960. The molecule has 0 aromatic carbocycles. The summed E-state index contributed by atoms with van der Waals surface area (Å²) in [6.07, 6.45) is 1.62. The van der Waals surface area contributed by atoms with Gasteiger partial charge in [-0.05, 0) is 25.4 Å². The number of rotatable bonds is 7. The summed E-state index contributed by atoms with van der Waals surface area (Å²) in [6, 6.07) is 4.96. The van der Waals surface area contributed by atoms with Gasteiger partial charge in [-0.3, -0.25) is 14.5 Å². The topological polar surface area (TPSA) is 87.5 Å². The van der Waals surface area contributed by atoms with Crippen molar-refractivity contribution in [1.29, 1.82) is 0 Å². The zero-order chi connectivity index (χ0) is 16.1. The summed E-state index contributed by atoms with van der Waals surface area (Å²) in [5.41, 5.74) is 0. The summed E-state index contributed by atoms with van der Waals surface area (Å²) >= 11 is 1.62. The number of carbonyl (C=O) groups excluding carboxylic acids is 1. The lowest BCUT2D eigenvalue weighted by molar-refractivity contribution is -0.142. The molecule has 0 aliphatic carbocycles. The predicted octanol–water partition coefficient (Wildman–Crippen LogP) is 1.34. The number of aromatic nitrogens is 2. The first-order valence-electron chi connectivity index (χ1n) is 6.74. The molecule has 2 heterocycles. The predicted molar refractivity (Wildman–Crippen MR) is 84.0 cm³/mol. The number of carboxylic acid groups (broad SMARTS) is 1. The van der Waals surface area contributed by atoms with Crippen molar-refractivity contribution in [3.05, 3.63) is 34.7 Å². The van der Waals surface area contributed by atoms with Gasteiger partial charge in [-0.2, -0.15) is 5.10 Å². The second-order valence-electron chi connectivity index (χ2n) is 4.93. The van der Waals surface area contributed by atoms with E-state index in [1.54, 1.807) is 35.3 Å². The van der Waals surface area contributed by atoms with E-state index in [1.807, 2.05) is 17.5 Å². The van der Waals surface area contributed by atoms with Crippen LogP contribution in [0, 0.1) is 0 Å². The van der Waals surface area contributed by atoms with Gasteiger partial charge in [0.05, 0.1) is 19.3 Å². The minimum absolute atomic E-state index is 0.00233. The average Bonchev–Trinajstić information content (AvgIpc) is 3.11. The number of anilines is 1. The lowest BCUT2D eigenvalue weighted by atomic mass is 10.3. The van der Waals surface area contributed by atoms with Crippen molar-refractivity contribution in [1.82, 2.24) is 14.7 Å². The van der Waals surface area contributed by atoms with Crippen LogP contribution in [0.1, 0.15) is 11.8 Å². The van der Waals surface area contributed by atoms with Crippen molar-refractivity contribution in [2.24, 2.45) is 0 Å². The van der Waals surface area contributed by atoms with Crippen LogP contribution in [0.5, 0.6) is 0 Å². The molecule has 2 aromatic heterocycles. The molecule has 0 spiro atoms. The van der Waals surface area contributed by atoms with Crippen LogP contribution in [0.2, 0.25) is 0 Å². The van der Waals surface area contributed by atoms with E-state index in [9.17, 15) is 9.59 Å². The summed E-state index contributed by atoms with van der Waals surface area (Å²) in [4.78, 5) is 25.5. The zero-order valence-corrected chi connectivity index (χ0v) is 13.2. The highest BCUT2D eigenvalue weighted by Gasteiger charge is 2.19. The molecule has 0 aliphatic rings. The molecule has 2 aromatic rings. The van der Waals surface area contributed by atoms with Gasteiger partial charge in [0.25, 0.3) is 0 Å². The van der Waals surface area contributed by atoms with Crippen molar-refractivity contribution in [3.8, 4) is 0 Å². The van der Waals surface area contributed by atoms with Gasteiger partial charge in [0.2, 0.25) is 5.91 Å². The maximum Gasteiger partial charge on any atom is 0.320 e. The summed E-state index contributed by atoms with van der Waals surface area (Å²) in [5, 5.41) is 17.9. The number of carbonyl (C=O) groups is 2. The zero-order valence-electron chi connectivity index (χ0n) is 12.4. The maximum absolute atomic E-state index is 12.0. The van der Waals surface area contributed by atoms with E-state index in [2.05, 4.69) is 10.4 Å². The van der Waals surface area contributed by atoms with E-state index >= 15 is 0 Å². The molecule has 1 unspecified atom stereocenters. The fraction of sp³-hybridized carbons (Fsp3) is 0.357. The normalized spacial score (nSPS) is 12.3. The molecule has 1 amide bonds. The molecule has 2 N–H and O–H groups in total. The molecule has 0 saturated carbocycles. The summed E-state index contributed by atoms with van der Waals surface area (Å²) in [5.74, 6) is -0.642. The second kappa shape index (κ2) is 7.19. The standard InChI is InChI=1S/C14H18N4O3S/c1-10(14(20)21)17(2)9-13(19)16-12-5-6-15-18(12)8-11-4-3-7-22-11/h3-7,10H,8-9H2,1-2H3,(H,16,19)(H,20,21). The molecule has 0 bridgehead atoms. The van der Waals surface area contributed by atoms with E-state index in [1.165, 1.54) is 11.8 Å². The summed E-state index contributed by atoms with van der Waals surface area (Å²) in [7, 11) is 1.60. The average molecular weight is 322 g/mol. The van der Waals surface area contributed by atoms with Gasteiger partial charge >= 0.3 is 5.97 Å². The smallest absolute Gasteiger partial charge is 0.320 e. The molecule has 118 valence electrons. The van der Waals surface area contributed by atoms with Crippen LogP contribution in [-0.4, -0.2) is 51.3 Å². The number of nitrogens with one attached hydrogen (secondary N) is 1. The Bertz CT molecular complexity index is 638. The third kappa shape index (κ3) is 4.15. The minimum Gasteiger partial charge on any atom is -0.480 e. The van der Waals surface area contributed by atoms with E-state index in [-0.39, 0.29) is 12.5 Å². The molecule has 2 rings (SSSR count). The van der Waals surface area contributed by atoms with Gasteiger partial charge < -0.3 is 10.4 Å². The fourth-order valence-corrected chi connectivity index (χ4v) is 2.54. The van der Waals surface area contributed by atoms with E-state index in [0.29, 0.717) is 12.4 Å². The fourth-order valence-electron chi connectivity index (χ4n) is 1.85. The summed E-state index contributed by atoms with van der Waals surface area (Å²) < 4.78 is 1.70. The SMILES string of the molecule is CC(C(=O)O)N(C)CC(=O)Nc1ccnn1Cc1cccs1. The van der Waals surface area contributed by atoms with Crippen LogP contribution >= 0.6 is 11.3 Å². The largest absolute Gasteiger partial charge is 0.480 e. The summed E-state index contributed by atoms with van der Waals surface area (Å²) in [6.45, 7) is 2.12. The van der Waals surface area contributed by atoms with Gasteiger partial charge in [0.15, 0.2) is 0 Å².